The molecule has 2 atom stereocenters. The molecule has 1 aromatic rings. The van der Waals surface area contributed by atoms with Crippen LogP contribution in [0.4, 0.5) is 10.1 Å². The average molecular weight is 294 g/mol. The summed E-state index contributed by atoms with van der Waals surface area (Å²) in [4.78, 5) is 25.7. The Balaban J connectivity index is 1.99. The number of benzene rings is 1. The Hall–Kier alpha value is -1.95. The number of hydrogen-bond donors (Lipinski definition) is 1. The average Bonchev–Trinajstić information content (AvgIpc) is 2.84. The van der Waals surface area contributed by atoms with Crippen LogP contribution in [-0.2, 0) is 14.3 Å². The second-order valence-corrected chi connectivity index (χ2v) is 5.22. The van der Waals surface area contributed by atoms with E-state index >= 15 is 0 Å². The van der Waals surface area contributed by atoms with Gasteiger partial charge in [-0.15, -0.1) is 0 Å². The first-order valence-corrected chi connectivity index (χ1v) is 6.86. The van der Waals surface area contributed by atoms with Crippen LogP contribution in [0.1, 0.15) is 13.3 Å². The lowest BCUT2D eigenvalue weighted by atomic mass is 10.1. The molecule has 0 saturated carbocycles. The van der Waals surface area contributed by atoms with Gasteiger partial charge in [0.05, 0.1) is 24.3 Å². The molecule has 1 heterocycles. The summed E-state index contributed by atoms with van der Waals surface area (Å²) in [6.07, 6.45) is 0.147. The predicted octanol–water partition coefficient (Wildman–Crippen LogP) is 1.65. The first-order valence-electron chi connectivity index (χ1n) is 6.86. The largest absolute Gasteiger partial charge is 0.383 e. The molecule has 0 unspecified atom stereocenters. The summed E-state index contributed by atoms with van der Waals surface area (Å²) in [5, 5.41) is 2.54. The summed E-state index contributed by atoms with van der Waals surface area (Å²) in [5.41, 5.74) is 0.137. The maximum atomic E-state index is 13.5. The molecule has 0 spiro atoms. The van der Waals surface area contributed by atoms with Gasteiger partial charge >= 0.3 is 0 Å². The van der Waals surface area contributed by atoms with Gasteiger partial charge in [-0.1, -0.05) is 12.1 Å². The minimum absolute atomic E-state index is 0.0752. The van der Waals surface area contributed by atoms with E-state index in [0.29, 0.717) is 13.2 Å². The molecule has 6 heteroatoms. The van der Waals surface area contributed by atoms with Gasteiger partial charge in [-0.2, -0.15) is 0 Å². The summed E-state index contributed by atoms with van der Waals surface area (Å²) >= 11 is 0. The normalized spacial score (nSPS) is 19.7. The van der Waals surface area contributed by atoms with E-state index in [1.807, 2.05) is 6.92 Å². The number of ether oxygens (including phenoxy) is 1. The number of carbonyl (C=O) groups excluding carboxylic acids is 2. The van der Waals surface area contributed by atoms with Crippen molar-refractivity contribution in [1.29, 1.82) is 0 Å². The van der Waals surface area contributed by atoms with Crippen LogP contribution >= 0.6 is 0 Å². The van der Waals surface area contributed by atoms with Crippen LogP contribution in [0.2, 0.25) is 0 Å². The van der Waals surface area contributed by atoms with Crippen LogP contribution in [0.5, 0.6) is 0 Å². The molecular weight excluding hydrogens is 275 g/mol. The molecule has 1 aliphatic rings. The number of carbonyl (C=O) groups is 2. The summed E-state index contributed by atoms with van der Waals surface area (Å²) in [6, 6.07) is 5.90. The Morgan fingerprint density at radius 2 is 2.24 bits per heavy atom. The summed E-state index contributed by atoms with van der Waals surface area (Å²) in [7, 11) is 1.57. The summed E-state index contributed by atoms with van der Waals surface area (Å²) < 4.78 is 18.5. The lowest BCUT2D eigenvalue weighted by Gasteiger charge is -2.23. The van der Waals surface area contributed by atoms with E-state index in [-0.39, 0.29) is 30.0 Å². The second kappa shape index (κ2) is 6.67. The number of anilines is 1. The fourth-order valence-corrected chi connectivity index (χ4v) is 2.46. The highest BCUT2D eigenvalue weighted by atomic mass is 19.1. The first-order chi connectivity index (χ1) is 10.0. The van der Waals surface area contributed by atoms with Crippen LogP contribution in [-0.4, -0.2) is 43.0 Å². The quantitative estimate of drug-likeness (QED) is 0.898. The van der Waals surface area contributed by atoms with Crippen molar-refractivity contribution < 1.29 is 18.7 Å². The van der Waals surface area contributed by atoms with Gasteiger partial charge in [0.2, 0.25) is 11.8 Å². The highest BCUT2D eigenvalue weighted by molar-refractivity contribution is 5.97. The Labute approximate surface area is 123 Å². The monoisotopic (exact) mass is 294 g/mol. The highest BCUT2D eigenvalue weighted by Crippen LogP contribution is 2.22. The molecule has 21 heavy (non-hydrogen) atoms. The Kier molecular flexibility index (Phi) is 4.90. The third kappa shape index (κ3) is 3.58. The number of amides is 2. The van der Waals surface area contributed by atoms with Crippen molar-refractivity contribution in [3.63, 3.8) is 0 Å². The van der Waals surface area contributed by atoms with Crippen molar-refractivity contribution in [2.24, 2.45) is 5.92 Å². The van der Waals surface area contributed by atoms with Crippen LogP contribution < -0.4 is 5.32 Å². The smallest absolute Gasteiger partial charge is 0.229 e. The maximum Gasteiger partial charge on any atom is 0.229 e. The van der Waals surface area contributed by atoms with Gasteiger partial charge in [-0.05, 0) is 19.1 Å². The van der Waals surface area contributed by atoms with Gasteiger partial charge in [0, 0.05) is 20.1 Å². The Bertz CT molecular complexity index is 535. The van der Waals surface area contributed by atoms with E-state index in [0.717, 1.165) is 0 Å². The molecule has 1 saturated heterocycles. The lowest BCUT2D eigenvalue weighted by molar-refractivity contribution is -0.130. The molecule has 5 nitrogen and oxygen atoms in total. The van der Waals surface area contributed by atoms with E-state index in [1.165, 1.54) is 12.1 Å². The SMILES string of the molecule is COC[C@@H](C)N1C[C@@H](C(=O)Nc2ccccc2F)CC1=O. The molecule has 0 bridgehead atoms. The molecule has 2 rings (SSSR count). The Morgan fingerprint density at radius 1 is 1.52 bits per heavy atom. The molecule has 1 aromatic carbocycles. The minimum atomic E-state index is -0.486. The third-order valence-corrected chi connectivity index (χ3v) is 3.60. The van der Waals surface area contributed by atoms with E-state index in [1.54, 1.807) is 24.1 Å². The molecule has 1 aliphatic heterocycles. The molecule has 0 radical (unpaired) electrons. The summed E-state index contributed by atoms with van der Waals surface area (Å²) in [6.45, 7) is 2.63. The van der Waals surface area contributed by atoms with Crippen molar-refractivity contribution in [2.75, 3.05) is 25.6 Å². The van der Waals surface area contributed by atoms with E-state index in [9.17, 15) is 14.0 Å². The molecule has 114 valence electrons. The standard InChI is InChI=1S/C15H19FN2O3/c1-10(9-21-2)18-8-11(7-14(18)19)15(20)17-13-6-4-3-5-12(13)16/h3-6,10-11H,7-9H2,1-2H3,(H,17,20)/t10-,11+/m1/s1. The van der Waals surface area contributed by atoms with Gasteiger partial charge in [-0.3, -0.25) is 9.59 Å². The lowest BCUT2D eigenvalue weighted by Crippen LogP contribution is -2.38. The molecule has 0 aliphatic carbocycles. The van der Waals surface area contributed by atoms with Crippen molar-refractivity contribution in [2.45, 2.75) is 19.4 Å². The number of nitrogens with one attached hydrogen (secondary N) is 1. The zero-order valence-electron chi connectivity index (χ0n) is 12.1. The van der Waals surface area contributed by atoms with E-state index in [2.05, 4.69) is 5.32 Å². The van der Waals surface area contributed by atoms with Gasteiger partial charge in [0.15, 0.2) is 0 Å². The molecular formula is C15H19FN2O3. The van der Waals surface area contributed by atoms with Crippen LogP contribution in [0.3, 0.4) is 0 Å². The maximum absolute atomic E-state index is 13.5. The molecule has 1 N–H and O–H groups in total. The van der Waals surface area contributed by atoms with Crippen molar-refractivity contribution in [3.05, 3.63) is 30.1 Å². The fourth-order valence-electron chi connectivity index (χ4n) is 2.46. The van der Waals surface area contributed by atoms with Crippen molar-refractivity contribution >= 4 is 17.5 Å². The van der Waals surface area contributed by atoms with Crippen LogP contribution in [0, 0.1) is 11.7 Å². The summed E-state index contributed by atoms with van der Waals surface area (Å²) in [5.74, 6) is -1.36. The zero-order chi connectivity index (χ0) is 15.4. The number of para-hydroxylation sites is 1. The molecule has 1 fully saturated rings. The number of hydrogen-bond acceptors (Lipinski definition) is 3. The Morgan fingerprint density at radius 3 is 2.90 bits per heavy atom. The molecule has 0 aromatic heterocycles. The predicted molar refractivity (Wildman–Crippen MR) is 76.2 cm³/mol. The van der Waals surface area contributed by atoms with Crippen molar-refractivity contribution in [3.8, 4) is 0 Å². The van der Waals surface area contributed by atoms with Gasteiger partial charge in [0.25, 0.3) is 0 Å². The fraction of sp³-hybridized carbons (Fsp3) is 0.467. The number of rotatable bonds is 5. The van der Waals surface area contributed by atoms with Gasteiger partial charge in [0.1, 0.15) is 5.82 Å². The van der Waals surface area contributed by atoms with E-state index in [4.69, 9.17) is 4.74 Å². The highest BCUT2D eigenvalue weighted by Gasteiger charge is 2.36. The first kappa shape index (κ1) is 15.4. The topological polar surface area (TPSA) is 58.6 Å². The van der Waals surface area contributed by atoms with Crippen LogP contribution in [0.25, 0.3) is 0 Å². The van der Waals surface area contributed by atoms with Gasteiger partial charge in [-0.25, -0.2) is 4.39 Å². The molecule has 2 amide bonds. The van der Waals surface area contributed by atoms with Crippen molar-refractivity contribution in [1.82, 2.24) is 4.90 Å². The van der Waals surface area contributed by atoms with Crippen LogP contribution in [0.15, 0.2) is 24.3 Å². The second-order valence-electron chi connectivity index (χ2n) is 5.22. The number of likely N-dealkylation sites (tertiary alicyclic amines) is 1. The minimum Gasteiger partial charge on any atom is -0.383 e. The van der Waals surface area contributed by atoms with E-state index < -0.39 is 11.7 Å². The third-order valence-electron chi connectivity index (χ3n) is 3.60. The van der Waals surface area contributed by atoms with Gasteiger partial charge < -0.3 is 15.0 Å². The number of methoxy groups -OCH3 is 1. The number of nitrogens with zero attached hydrogens (tertiary/aromatic N) is 1. The zero-order valence-corrected chi connectivity index (χ0v) is 12.1. The number of halogens is 1.